The predicted octanol–water partition coefficient (Wildman–Crippen LogP) is 1.42. The van der Waals surface area contributed by atoms with Gasteiger partial charge in [0, 0.05) is 17.5 Å². The number of rotatable bonds is 3. The monoisotopic (exact) mass is 209 g/mol. The van der Waals surface area contributed by atoms with E-state index >= 15 is 0 Å². The molecule has 0 bridgehead atoms. The lowest BCUT2D eigenvalue weighted by molar-refractivity contribution is 0.0524. The van der Waals surface area contributed by atoms with Gasteiger partial charge in [0.2, 0.25) is 0 Å². The molecule has 1 aromatic heterocycles. The highest BCUT2D eigenvalue weighted by atomic mass is 16.5. The summed E-state index contributed by atoms with van der Waals surface area (Å²) >= 11 is 0. The van der Waals surface area contributed by atoms with Crippen molar-refractivity contribution in [3.8, 4) is 0 Å². The maximum absolute atomic E-state index is 11.7. The summed E-state index contributed by atoms with van der Waals surface area (Å²) in [5.41, 5.74) is 1.27. The first-order valence-electron chi connectivity index (χ1n) is 5.00. The van der Waals surface area contributed by atoms with Crippen LogP contribution in [0.1, 0.15) is 35.5 Å². The van der Waals surface area contributed by atoms with Crippen LogP contribution in [0.4, 0.5) is 0 Å². The Morgan fingerprint density at radius 3 is 2.67 bits per heavy atom. The van der Waals surface area contributed by atoms with Crippen LogP contribution in [0.25, 0.3) is 0 Å². The second kappa shape index (κ2) is 4.77. The van der Waals surface area contributed by atoms with E-state index in [9.17, 15) is 9.59 Å². The summed E-state index contributed by atoms with van der Waals surface area (Å²) in [6, 6.07) is 0. The molecule has 4 heteroatoms. The van der Waals surface area contributed by atoms with E-state index in [-0.39, 0.29) is 17.6 Å². The molecule has 0 aromatic carbocycles. The van der Waals surface area contributed by atoms with E-state index in [1.165, 1.54) is 6.20 Å². The quantitative estimate of drug-likeness (QED) is 0.766. The first kappa shape index (κ1) is 11.5. The Labute approximate surface area is 88.3 Å². The lowest BCUT2D eigenvalue weighted by Gasteiger charge is -2.05. The summed E-state index contributed by atoms with van der Waals surface area (Å²) < 4.78 is 4.78. The molecule has 0 saturated heterocycles. The van der Waals surface area contributed by atoms with E-state index in [0.29, 0.717) is 5.56 Å². The predicted molar refractivity (Wildman–Crippen MR) is 57.1 cm³/mol. The van der Waals surface area contributed by atoms with Crippen molar-refractivity contribution in [1.29, 1.82) is 0 Å². The fraction of sp³-hybridized carbons (Fsp3) is 0.455. The Bertz CT molecular complexity index is 420. The Kier molecular flexibility index (Phi) is 3.66. The van der Waals surface area contributed by atoms with Crippen LogP contribution in [0.5, 0.6) is 0 Å². The number of esters is 1. The highest BCUT2D eigenvalue weighted by molar-refractivity contribution is 5.89. The summed E-state index contributed by atoms with van der Waals surface area (Å²) in [6.45, 7) is 5.63. The standard InChI is InChI=1S/C11H15NO3/c1-4-9-7(3)10(13)8(6-12-9)11(14)15-5-2/h6H,4-5H2,1-3H3,(H,12,13). The molecule has 1 rings (SSSR count). The van der Waals surface area contributed by atoms with E-state index in [0.717, 1.165) is 12.1 Å². The van der Waals surface area contributed by atoms with Gasteiger partial charge in [0.15, 0.2) is 5.43 Å². The first-order valence-corrected chi connectivity index (χ1v) is 5.00. The molecule has 1 N–H and O–H groups in total. The SMILES string of the molecule is CCOC(=O)c1c[nH]c(CC)c(C)c1=O. The largest absolute Gasteiger partial charge is 0.462 e. The normalized spacial score (nSPS) is 10.1. The number of H-pyrrole nitrogens is 1. The number of aromatic nitrogens is 1. The van der Waals surface area contributed by atoms with Crippen LogP contribution in [0, 0.1) is 6.92 Å². The molecule has 0 unspecified atom stereocenters. The Morgan fingerprint density at radius 2 is 2.13 bits per heavy atom. The molecule has 0 saturated carbocycles. The summed E-state index contributed by atoms with van der Waals surface area (Å²) in [5, 5.41) is 0. The van der Waals surface area contributed by atoms with Gasteiger partial charge < -0.3 is 9.72 Å². The lowest BCUT2D eigenvalue weighted by atomic mass is 10.1. The number of nitrogens with one attached hydrogen (secondary N) is 1. The minimum atomic E-state index is -0.565. The molecule has 0 aliphatic carbocycles. The van der Waals surface area contributed by atoms with Gasteiger partial charge in [-0.25, -0.2) is 4.79 Å². The van der Waals surface area contributed by atoms with Crippen molar-refractivity contribution in [3.63, 3.8) is 0 Å². The molecule has 1 heterocycles. The number of ether oxygens (including phenoxy) is 1. The summed E-state index contributed by atoms with van der Waals surface area (Å²) in [7, 11) is 0. The second-order valence-electron chi connectivity index (χ2n) is 3.21. The minimum Gasteiger partial charge on any atom is -0.462 e. The first-order chi connectivity index (χ1) is 7.11. The van der Waals surface area contributed by atoms with E-state index in [2.05, 4.69) is 4.98 Å². The number of aromatic amines is 1. The highest BCUT2D eigenvalue weighted by Gasteiger charge is 2.14. The molecule has 0 amide bonds. The van der Waals surface area contributed by atoms with Crippen LogP contribution in [-0.4, -0.2) is 17.6 Å². The maximum Gasteiger partial charge on any atom is 0.343 e. The molecule has 0 aliphatic heterocycles. The van der Waals surface area contributed by atoms with Crippen molar-refractivity contribution >= 4 is 5.97 Å². The van der Waals surface area contributed by atoms with Crippen LogP contribution < -0.4 is 5.43 Å². The number of hydrogen-bond acceptors (Lipinski definition) is 3. The molecule has 1 aromatic rings. The van der Waals surface area contributed by atoms with Crippen molar-refractivity contribution < 1.29 is 9.53 Å². The molecule has 82 valence electrons. The molecule has 0 aliphatic rings. The number of carbonyl (C=O) groups excluding carboxylic acids is 1. The van der Waals surface area contributed by atoms with Crippen molar-refractivity contribution in [2.45, 2.75) is 27.2 Å². The smallest absolute Gasteiger partial charge is 0.343 e. The minimum absolute atomic E-state index is 0.0755. The third-order valence-corrected chi connectivity index (χ3v) is 2.28. The van der Waals surface area contributed by atoms with Gasteiger partial charge in [-0.1, -0.05) is 6.92 Å². The van der Waals surface area contributed by atoms with E-state index in [4.69, 9.17) is 4.74 Å². The number of carbonyl (C=O) groups is 1. The molecular formula is C11H15NO3. The Balaban J connectivity index is 3.18. The number of aryl methyl sites for hydroxylation is 1. The molecule has 0 spiro atoms. The zero-order chi connectivity index (χ0) is 11.4. The number of hydrogen-bond donors (Lipinski definition) is 1. The topological polar surface area (TPSA) is 59.2 Å². The van der Waals surface area contributed by atoms with Gasteiger partial charge in [0.05, 0.1) is 6.61 Å². The van der Waals surface area contributed by atoms with E-state index in [1.54, 1.807) is 13.8 Å². The molecule has 4 nitrogen and oxygen atoms in total. The van der Waals surface area contributed by atoms with Crippen molar-refractivity contribution in [2.24, 2.45) is 0 Å². The average Bonchev–Trinajstić information content (AvgIpc) is 2.22. The molecule has 0 fully saturated rings. The third-order valence-electron chi connectivity index (χ3n) is 2.28. The van der Waals surface area contributed by atoms with Gasteiger partial charge in [0.1, 0.15) is 5.56 Å². The third kappa shape index (κ3) is 2.26. The Hall–Kier alpha value is -1.58. The zero-order valence-electron chi connectivity index (χ0n) is 9.22. The van der Waals surface area contributed by atoms with Crippen molar-refractivity contribution in [2.75, 3.05) is 6.61 Å². The number of pyridine rings is 1. The lowest BCUT2D eigenvalue weighted by Crippen LogP contribution is -2.21. The average molecular weight is 209 g/mol. The second-order valence-corrected chi connectivity index (χ2v) is 3.21. The van der Waals surface area contributed by atoms with Crippen LogP contribution in [-0.2, 0) is 11.2 Å². The molecule has 0 atom stereocenters. The van der Waals surface area contributed by atoms with Crippen LogP contribution in [0.2, 0.25) is 0 Å². The zero-order valence-corrected chi connectivity index (χ0v) is 9.22. The van der Waals surface area contributed by atoms with Crippen molar-refractivity contribution in [1.82, 2.24) is 4.98 Å². The summed E-state index contributed by atoms with van der Waals surface area (Å²) in [5.74, 6) is -0.565. The van der Waals surface area contributed by atoms with Gasteiger partial charge in [-0.3, -0.25) is 4.79 Å². The van der Waals surface area contributed by atoms with Crippen LogP contribution in [0.3, 0.4) is 0 Å². The van der Waals surface area contributed by atoms with Gasteiger partial charge in [-0.15, -0.1) is 0 Å². The van der Waals surface area contributed by atoms with Crippen molar-refractivity contribution in [3.05, 3.63) is 33.2 Å². The summed E-state index contributed by atoms with van der Waals surface area (Å²) in [6.07, 6.45) is 2.16. The van der Waals surface area contributed by atoms with E-state index in [1.807, 2.05) is 6.92 Å². The molecule has 0 radical (unpaired) electrons. The fourth-order valence-corrected chi connectivity index (χ4v) is 1.40. The van der Waals surface area contributed by atoms with Gasteiger partial charge in [0.25, 0.3) is 0 Å². The van der Waals surface area contributed by atoms with Gasteiger partial charge >= 0.3 is 5.97 Å². The molecular weight excluding hydrogens is 194 g/mol. The summed E-state index contributed by atoms with van der Waals surface area (Å²) in [4.78, 5) is 26.1. The van der Waals surface area contributed by atoms with E-state index < -0.39 is 5.97 Å². The maximum atomic E-state index is 11.7. The van der Waals surface area contributed by atoms with Crippen LogP contribution >= 0.6 is 0 Å². The highest BCUT2D eigenvalue weighted by Crippen LogP contribution is 2.03. The van der Waals surface area contributed by atoms with Crippen LogP contribution in [0.15, 0.2) is 11.0 Å². The Morgan fingerprint density at radius 1 is 1.47 bits per heavy atom. The van der Waals surface area contributed by atoms with Gasteiger partial charge in [-0.2, -0.15) is 0 Å². The molecule has 15 heavy (non-hydrogen) atoms. The van der Waals surface area contributed by atoms with Gasteiger partial charge in [-0.05, 0) is 20.3 Å². The fourth-order valence-electron chi connectivity index (χ4n) is 1.40.